The third-order valence-corrected chi connectivity index (χ3v) is 4.96. The Morgan fingerprint density at radius 1 is 1.09 bits per heavy atom. The van der Waals surface area contributed by atoms with Crippen molar-refractivity contribution in [3.8, 4) is 5.75 Å². The minimum Gasteiger partial charge on any atom is -0.489 e. The molecule has 0 bridgehead atoms. The normalized spacial score (nSPS) is 10.6. The molecule has 0 saturated heterocycles. The summed E-state index contributed by atoms with van der Waals surface area (Å²) in [6.45, 7) is 0.502. The van der Waals surface area contributed by atoms with Gasteiger partial charge in [0.05, 0.1) is 18.5 Å². The van der Waals surface area contributed by atoms with E-state index >= 15 is 0 Å². The average molecular weight is 465 g/mol. The molecule has 2 aromatic heterocycles. The van der Waals surface area contributed by atoms with Crippen molar-refractivity contribution in [1.29, 1.82) is 0 Å². The minimum absolute atomic E-state index is 0.111. The van der Waals surface area contributed by atoms with Crippen molar-refractivity contribution in [3.05, 3.63) is 101 Å². The number of anilines is 1. The summed E-state index contributed by atoms with van der Waals surface area (Å²) in [7, 11) is 1.67. The maximum absolute atomic E-state index is 12.9. The molecular weight excluding hydrogens is 444 g/mol. The predicted molar refractivity (Wildman–Crippen MR) is 123 cm³/mol. The van der Waals surface area contributed by atoms with Gasteiger partial charge < -0.3 is 19.8 Å². The number of furan rings is 1. The van der Waals surface area contributed by atoms with Gasteiger partial charge in [0.1, 0.15) is 18.1 Å². The zero-order valence-electron chi connectivity index (χ0n) is 17.7. The molecule has 2 amide bonds. The van der Waals surface area contributed by atoms with Gasteiger partial charge >= 0.3 is 0 Å². The highest BCUT2D eigenvalue weighted by atomic mass is 35.5. The molecule has 0 aliphatic carbocycles. The maximum atomic E-state index is 12.9. The topological polar surface area (TPSA) is 98.4 Å². The third kappa shape index (κ3) is 5.81. The second-order valence-electron chi connectivity index (χ2n) is 7.22. The van der Waals surface area contributed by atoms with Crippen LogP contribution in [0.2, 0.25) is 5.02 Å². The number of hydrogen-bond acceptors (Lipinski definition) is 5. The Morgan fingerprint density at radius 3 is 2.67 bits per heavy atom. The Hall–Kier alpha value is -4.04. The summed E-state index contributed by atoms with van der Waals surface area (Å²) >= 11 is 5.89. The number of carbonyl (C=O) groups is 2. The van der Waals surface area contributed by atoms with Gasteiger partial charge in [-0.15, -0.1) is 0 Å². The molecular formula is C24H21ClN4O4. The summed E-state index contributed by atoms with van der Waals surface area (Å²) in [4.78, 5) is 25.4. The van der Waals surface area contributed by atoms with E-state index in [4.69, 9.17) is 20.8 Å². The molecule has 0 radical (unpaired) electrons. The highest BCUT2D eigenvalue weighted by molar-refractivity contribution is 6.30. The number of halogens is 1. The van der Waals surface area contributed by atoms with E-state index in [1.807, 2.05) is 6.07 Å². The van der Waals surface area contributed by atoms with E-state index in [1.54, 1.807) is 67.8 Å². The molecule has 8 nitrogen and oxygen atoms in total. The second-order valence-corrected chi connectivity index (χ2v) is 7.66. The quantitative estimate of drug-likeness (QED) is 0.402. The first-order valence-corrected chi connectivity index (χ1v) is 10.5. The first-order valence-electron chi connectivity index (χ1n) is 10.1. The molecule has 4 rings (SSSR count). The molecule has 2 heterocycles. The van der Waals surface area contributed by atoms with Gasteiger partial charge in [0.25, 0.3) is 11.8 Å². The number of amides is 2. The van der Waals surface area contributed by atoms with Crippen LogP contribution in [-0.2, 0) is 20.2 Å². The van der Waals surface area contributed by atoms with Gasteiger partial charge in [-0.05, 0) is 54.1 Å². The van der Waals surface area contributed by atoms with Gasteiger partial charge in [-0.25, -0.2) is 0 Å². The van der Waals surface area contributed by atoms with E-state index in [-0.39, 0.29) is 24.8 Å². The second kappa shape index (κ2) is 10.1. The summed E-state index contributed by atoms with van der Waals surface area (Å²) < 4.78 is 12.4. The van der Waals surface area contributed by atoms with Gasteiger partial charge in [-0.1, -0.05) is 23.7 Å². The molecule has 33 heavy (non-hydrogen) atoms. The van der Waals surface area contributed by atoms with Crippen LogP contribution in [0.15, 0.2) is 77.5 Å². The van der Waals surface area contributed by atoms with Crippen LogP contribution in [-0.4, -0.2) is 21.6 Å². The zero-order valence-corrected chi connectivity index (χ0v) is 18.5. The van der Waals surface area contributed by atoms with Gasteiger partial charge in [0.15, 0.2) is 5.69 Å². The lowest BCUT2D eigenvalue weighted by atomic mass is 10.1. The molecule has 4 aromatic rings. The summed E-state index contributed by atoms with van der Waals surface area (Å²) in [5.74, 6) is 0.501. The highest BCUT2D eigenvalue weighted by Crippen LogP contribution is 2.19. The third-order valence-electron chi connectivity index (χ3n) is 4.70. The van der Waals surface area contributed by atoms with Crippen LogP contribution in [0.5, 0.6) is 5.75 Å². The van der Waals surface area contributed by atoms with E-state index in [9.17, 15) is 9.59 Å². The fraction of sp³-hybridized carbons (Fsp3) is 0.125. The van der Waals surface area contributed by atoms with E-state index in [2.05, 4.69) is 15.7 Å². The zero-order chi connectivity index (χ0) is 23.2. The standard InChI is InChI=1S/C24H21ClN4O4/c1-29-14-21(22(28-29)24(31)26-13-20-6-3-11-32-20)27-23(30)17-5-2-4-16(12-17)15-33-19-9-7-18(25)8-10-19/h2-12,14H,13,15H2,1H3,(H,26,31)(H,27,30). The van der Waals surface area contributed by atoms with Crippen LogP contribution >= 0.6 is 11.6 Å². The summed E-state index contributed by atoms with van der Waals surface area (Å²) in [6.07, 6.45) is 3.11. The first kappa shape index (κ1) is 22.2. The molecule has 0 saturated carbocycles. The number of benzene rings is 2. The van der Waals surface area contributed by atoms with Crippen LogP contribution in [0, 0.1) is 0 Å². The largest absolute Gasteiger partial charge is 0.489 e. The number of aryl methyl sites for hydroxylation is 1. The van der Waals surface area contributed by atoms with Crippen molar-refractivity contribution in [2.45, 2.75) is 13.2 Å². The lowest BCUT2D eigenvalue weighted by Gasteiger charge is -2.09. The average Bonchev–Trinajstić information content (AvgIpc) is 3.47. The van der Waals surface area contributed by atoms with Crippen molar-refractivity contribution in [3.63, 3.8) is 0 Å². The summed E-state index contributed by atoms with van der Waals surface area (Å²) in [5.41, 5.74) is 1.67. The fourth-order valence-corrected chi connectivity index (χ4v) is 3.23. The van der Waals surface area contributed by atoms with E-state index in [0.717, 1.165) is 5.56 Å². The Morgan fingerprint density at radius 2 is 1.91 bits per heavy atom. The predicted octanol–water partition coefficient (Wildman–Crippen LogP) is 4.43. The smallest absolute Gasteiger partial charge is 0.274 e. The van der Waals surface area contributed by atoms with Crippen LogP contribution in [0.1, 0.15) is 32.2 Å². The number of nitrogens with zero attached hydrogens (tertiary/aromatic N) is 2. The van der Waals surface area contributed by atoms with Gasteiger partial charge in [0, 0.05) is 23.8 Å². The minimum atomic E-state index is -0.424. The number of hydrogen-bond donors (Lipinski definition) is 2. The lowest BCUT2D eigenvalue weighted by molar-refractivity contribution is 0.0943. The summed E-state index contributed by atoms with van der Waals surface area (Å²) in [6, 6.07) is 17.6. The van der Waals surface area contributed by atoms with E-state index in [0.29, 0.717) is 27.8 Å². The molecule has 0 aliphatic rings. The Balaban J connectivity index is 1.41. The number of aromatic nitrogens is 2. The summed E-state index contributed by atoms with van der Waals surface area (Å²) in [5, 5.41) is 10.3. The van der Waals surface area contributed by atoms with Crippen LogP contribution in [0.4, 0.5) is 5.69 Å². The number of nitrogens with one attached hydrogen (secondary N) is 2. The molecule has 0 spiro atoms. The maximum Gasteiger partial charge on any atom is 0.274 e. The number of carbonyl (C=O) groups excluding carboxylic acids is 2. The molecule has 0 unspecified atom stereocenters. The highest BCUT2D eigenvalue weighted by Gasteiger charge is 2.19. The van der Waals surface area contributed by atoms with Crippen LogP contribution < -0.4 is 15.4 Å². The van der Waals surface area contributed by atoms with E-state index < -0.39 is 5.91 Å². The lowest BCUT2D eigenvalue weighted by Crippen LogP contribution is -2.25. The monoisotopic (exact) mass is 464 g/mol. The van der Waals surface area contributed by atoms with Crippen molar-refractivity contribution in [2.75, 3.05) is 5.32 Å². The molecule has 9 heteroatoms. The SMILES string of the molecule is Cn1cc(NC(=O)c2cccc(COc3ccc(Cl)cc3)c2)c(C(=O)NCc2ccco2)n1. The fourth-order valence-electron chi connectivity index (χ4n) is 3.11. The number of rotatable bonds is 8. The van der Waals surface area contributed by atoms with Gasteiger partial charge in [-0.3, -0.25) is 14.3 Å². The Kier molecular flexibility index (Phi) is 6.75. The van der Waals surface area contributed by atoms with Crippen molar-refractivity contribution >= 4 is 29.1 Å². The molecule has 0 atom stereocenters. The molecule has 0 fully saturated rings. The Bertz CT molecular complexity index is 1250. The number of ether oxygens (including phenoxy) is 1. The Labute approximate surface area is 195 Å². The molecule has 2 aromatic carbocycles. The molecule has 2 N–H and O–H groups in total. The molecule has 168 valence electrons. The van der Waals surface area contributed by atoms with Crippen molar-refractivity contribution in [1.82, 2.24) is 15.1 Å². The van der Waals surface area contributed by atoms with E-state index in [1.165, 1.54) is 10.9 Å². The van der Waals surface area contributed by atoms with Crippen molar-refractivity contribution in [2.24, 2.45) is 7.05 Å². The van der Waals surface area contributed by atoms with Gasteiger partial charge in [0.2, 0.25) is 0 Å². The van der Waals surface area contributed by atoms with Gasteiger partial charge in [-0.2, -0.15) is 5.10 Å². The van der Waals surface area contributed by atoms with Crippen molar-refractivity contribution < 1.29 is 18.7 Å². The van der Waals surface area contributed by atoms with Crippen LogP contribution in [0.25, 0.3) is 0 Å². The first-order chi connectivity index (χ1) is 16.0. The molecule has 0 aliphatic heterocycles. The van der Waals surface area contributed by atoms with Crippen LogP contribution in [0.3, 0.4) is 0 Å².